The number of benzene rings is 1. The summed E-state index contributed by atoms with van der Waals surface area (Å²) in [7, 11) is 1.74. The van der Waals surface area contributed by atoms with Crippen molar-refractivity contribution in [3.05, 3.63) is 34.3 Å². The lowest BCUT2D eigenvalue weighted by molar-refractivity contribution is -0.141. The Hall–Kier alpha value is -1.56. The molecule has 0 saturated heterocycles. The number of urea groups is 1. The Morgan fingerprint density at radius 3 is 2.57 bits per heavy atom. The number of nitrogens with zero attached hydrogens (tertiary/aromatic N) is 1. The zero-order chi connectivity index (χ0) is 15.4. The SMILES string of the molecule is CN(Cc1ccc(Br)cc1)C(=O)N[C@H]1CC[C@@H](C(=O)O)C1. The normalized spacial score (nSPS) is 21.0. The number of aliphatic carboxylic acids is 1. The molecule has 0 heterocycles. The van der Waals surface area contributed by atoms with Crippen molar-refractivity contribution in [2.24, 2.45) is 5.92 Å². The molecule has 2 amide bonds. The third-order valence-electron chi connectivity index (χ3n) is 3.79. The van der Waals surface area contributed by atoms with E-state index in [4.69, 9.17) is 5.11 Å². The number of carboxylic acids is 1. The zero-order valence-corrected chi connectivity index (χ0v) is 13.5. The maximum absolute atomic E-state index is 12.1. The fourth-order valence-corrected chi connectivity index (χ4v) is 2.82. The van der Waals surface area contributed by atoms with Crippen LogP contribution < -0.4 is 5.32 Å². The molecule has 2 rings (SSSR count). The highest BCUT2D eigenvalue weighted by atomic mass is 79.9. The molecule has 5 nitrogen and oxygen atoms in total. The molecule has 21 heavy (non-hydrogen) atoms. The lowest BCUT2D eigenvalue weighted by Gasteiger charge is -2.21. The molecule has 2 N–H and O–H groups in total. The number of carboxylic acid groups (broad SMARTS) is 1. The lowest BCUT2D eigenvalue weighted by Crippen LogP contribution is -2.41. The Balaban J connectivity index is 1.83. The zero-order valence-electron chi connectivity index (χ0n) is 11.9. The van der Waals surface area contributed by atoms with Gasteiger partial charge in [-0.1, -0.05) is 28.1 Å². The first kappa shape index (κ1) is 15.8. The quantitative estimate of drug-likeness (QED) is 0.873. The highest BCUT2D eigenvalue weighted by molar-refractivity contribution is 9.10. The van der Waals surface area contributed by atoms with Gasteiger partial charge in [0.25, 0.3) is 0 Å². The summed E-state index contributed by atoms with van der Waals surface area (Å²) in [5.74, 6) is -1.10. The molecule has 0 radical (unpaired) electrons. The van der Waals surface area contributed by atoms with Gasteiger partial charge in [0.15, 0.2) is 0 Å². The van der Waals surface area contributed by atoms with Crippen LogP contribution in [0.1, 0.15) is 24.8 Å². The summed E-state index contributed by atoms with van der Waals surface area (Å²) in [6, 6.07) is 7.61. The Bertz CT molecular complexity index is 518. The molecule has 0 bridgehead atoms. The Morgan fingerprint density at radius 2 is 2.00 bits per heavy atom. The molecule has 0 aromatic heterocycles. The molecule has 114 valence electrons. The van der Waals surface area contributed by atoms with Crippen LogP contribution in [-0.2, 0) is 11.3 Å². The van der Waals surface area contributed by atoms with Gasteiger partial charge in [-0.2, -0.15) is 0 Å². The number of halogens is 1. The maximum atomic E-state index is 12.1. The molecule has 0 unspecified atom stereocenters. The summed E-state index contributed by atoms with van der Waals surface area (Å²) in [5, 5.41) is 11.9. The second kappa shape index (κ2) is 6.93. The van der Waals surface area contributed by atoms with Crippen molar-refractivity contribution in [2.75, 3.05) is 7.05 Å². The number of hydrogen-bond donors (Lipinski definition) is 2. The molecule has 1 saturated carbocycles. The third-order valence-corrected chi connectivity index (χ3v) is 4.32. The van der Waals surface area contributed by atoms with Gasteiger partial charge in [-0.15, -0.1) is 0 Å². The van der Waals surface area contributed by atoms with E-state index in [2.05, 4.69) is 21.2 Å². The van der Waals surface area contributed by atoms with Crippen LogP contribution in [0, 0.1) is 5.92 Å². The van der Waals surface area contributed by atoms with Crippen molar-refractivity contribution in [3.8, 4) is 0 Å². The second-order valence-electron chi connectivity index (χ2n) is 5.48. The standard InChI is InChI=1S/C15H19BrN2O3/c1-18(9-10-2-5-12(16)6-3-10)15(21)17-13-7-4-11(8-13)14(19)20/h2-3,5-6,11,13H,4,7-9H2,1H3,(H,17,21)(H,19,20)/t11-,13+/m1/s1. The van der Waals surface area contributed by atoms with Crippen molar-refractivity contribution >= 4 is 27.9 Å². The third kappa shape index (κ3) is 4.46. The maximum Gasteiger partial charge on any atom is 0.317 e. The topological polar surface area (TPSA) is 69.6 Å². The first-order chi connectivity index (χ1) is 9.95. The molecule has 1 fully saturated rings. The largest absolute Gasteiger partial charge is 0.481 e. The van der Waals surface area contributed by atoms with Crippen LogP contribution in [0.2, 0.25) is 0 Å². The minimum absolute atomic E-state index is 0.0361. The molecule has 0 spiro atoms. The Labute approximate surface area is 132 Å². The van der Waals surface area contributed by atoms with Gasteiger partial charge in [-0.05, 0) is 37.0 Å². The summed E-state index contributed by atoms with van der Waals surface area (Å²) in [5.41, 5.74) is 1.05. The van der Waals surface area contributed by atoms with E-state index in [1.165, 1.54) is 0 Å². The number of rotatable bonds is 4. The highest BCUT2D eigenvalue weighted by Crippen LogP contribution is 2.25. The molecular formula is C15H19BrN2O3. The van der Waals surface area contributed by atoms with E-state index in [1.54, 1.807) is 11.9 Å². The Kier molecular flexibility index (Phi) is 5.22. The minimum atomic E-state index is -0.769. The monoisotopic (exact) mass is 354 g/mol. The number of nitrogens with one attached hydrogen (secondary N) is 1. The lowest BCUT2D eigenvalue weighted by atomic mass is 10.1. The van der Waals surface area contributed by atoms with Gasteiger partial charge in [-0.25, -0.2) is 4.79 Å². The predicted molar refractivity (Wildman–Crippen MR) is 82.9 cm³/mol. The molecule has 1 aliphatic rings. The van der Waals surface area contributed by atoms with Crippen LogP contribution in [0.4, 0.5) is 4.79 Å². The first-order valence-electron chi connectivity index (χ1n) is 6.94. The van der Waals surface area contributed by atoms with Crippen molar-refractivity contribution in [1.29, 1.82) is 0 Å². The second-order valence-corrected chi connectivity index (χ2v) is 6.39. The van der Waals surface area contributed by atoms with Gasteiger partial charge in [0.05, 0.1) is 5.92 Å². The van der Waals surface area contributed by atoms with Gasteiger partial charge in [0.2, 0.25) is 0 Å². The average molecular weight is 355 g/mol. The van der Waals surface area contributed by atoms with Crippen LogP contribution in [0.3, 0.4) is 0 Å². The summed E-state index contributed by atoms with van der Waals surface area (Å²) < 4.78 is 1.00. The summed E-state index contributed by atoms with van der Waals surface area (Å²) in [6.45, 7) is 0.522. The van der Waals surface area contributed by atoms with Gasteiger partial charge >= 0.3 is 12.0 Å². The van der Waals surface area contributed by atoms with E-state index in [0.29, 0.717) is 19.4 Å². The van der Waals surface area contributed by atoms with E-state index in [9.17, 15) is 9.59 Å². The van der Waals surface area contributed by atoms with Gasteiger partial charge in [0, 0.05) is 24.1 Å². The van der Waals surface area contributed by atoms with Gasteiger partial charge in [-0.3, -0.25) is 4.79 Å². The van der Waals surface area contributed by atoms with Crippen molar-refractivity contribution < 1.29 is 14.7 Å². The summed E-state index contributed by atoms with van der Waals surface area (Å²) in [6.07, 6.45) is 1.89. The summed E-state index contributed by atoms with van der Waals surface area (Å²) >= 11 is 3.38. The number of amides is 2. The fourth-order valence-electron chi connectivity index (χ4n) is 2.56. The van der Waals surface area contributed by atoms with E-state index in [0.717, 1.165) is 16.5 Å². The molecular weight excluding hydrogens is 336 g/mol. The molecule has 1 aromatic carbocycles. The Morgan fingerprint density at radius 1 is 1.33 bits per heavy atom. The van der Waals surface area contributed by atoms with Crippen LogP contribution >= 0.6 is 15.9 Å². The number of carbonyl (C=O) groups excluding carboxylic acids is 1. The minimum Gasteiger partial charge on any atom is -0.481 e. The molecule has 1 aromatic rings. The van der Waals surface area contributed by atoms with Crippen molar-refractivity contribution in [1.82, 2.24) is 10.2 Å². The van der Waals surface area contributed by atoms with Gasteiger partial charge < -0.3 is 15.3 Å². The van der Waals surface area contributed by atoms with E-state index >= 15 is 0 Å². The predicted octanol–water partition coefficient (Wildman–Crippen LogP) is 2.84. The first-order valence-corrected chi connectivity index (χ1v) is 7.74. The van der Waals surface area contributed by atoms with Gasteiger partial charge in [0.1, 0.15) is 0 Å². The number of carbonyl (C=O) groups is 2. The number of hydrogen-bond acceptors (Lipinski definition) is 2. The highest BCUT2D eigenvalue weighted by Gasteiger charge is 2.30. The van der Waals surface area contributed by atoms with Crippen LogP contribution in [0.5, 0.6) is 0 Å². The van der Waals surface area contributed by atoms with Crippen LogP contribution in [-0.4, -0.2) is 35.1 Å². The molecule has 2 atom stereocenters. The molecule has 0 aliphatic heterocycles. The fraction of sp³-hybridized carbons (Fsp3) is 0.467. The molecule has 6 heteroatoms. The molecule has 1 aliphatic carbocycles. The van der Waals surface area contributed by atoms with E-state index in [-0.39, 0.29) is 18.0 Å². The van der Waals surface area contributed by atoms with Crippen LogP contribution in [0.15, 0.2) is 28.7 Å². The summed E-state index contributed by atoms with van der Waals surface area (Å²) in [4.78, 5) is 24.6. The van der Waals surface area contributed by atoms with Crippen molar-refractivity contribution in [2.45, 2.75) is 31.8 Å². The average Bonchev–Trinajstić information content (AvgIpc) is 2.90. The smallest absolute Gasteiger partial charge is 0.317 e. The van der Waals surface area contributed by atoms with E-state index in [1.807, 2.05) is 24.3 Å². The van der Waals surface area contributed by atoms with Crippen LogP contribution in [0.25, 0.3) is 0 Å². The van der Waals surface area contributed by atoms with Crippen molar-refractivity contribution in [3.63, 3.8) is 0 Å². The van der Waals surface area contributed by atoms with E-state index < -0.39 is 5.97 Å².